The molecule has 2 aromatic rings. The highest BCUT2D eigenvalue weighted by Gasteiger charge is 2.01. The second kappa shape index (κ2) is 5.03. The van der Waals surface area contributed by atoms with Crippen LogP contribution in [0.5, 0.6) is 0 Å². The van der Waals surface area contributed by atoms with E-state index in [1.54, 1.807) is 22.2 Å². The van der Waals surface area contributed by atoms with E-state index in [4.69, 9.17) is 12.2 Å². The van der Waals surface area contributed by atoms with E-state index in [-0.39, 0.29) is 0 Å². The molecule has 0 aromatic carbocycles. The number of halogens is 1. The Balaban J connectivity index is 2.29. The molecule has 0 amide bonds. The maximum Gasteiger partial charge on any atom is 0.216 e. The zero-order valence-corrected chi connectivity index (χ0v) is 11.7. The first-order valence-corrected chi connectivity index (χ1v) is 6.68. The predicted molar refractivity (Wildman–Crippen MR) is 71.8 cm³/mol. The smallest absolute Gasteiger partial charge is 0.216 e. The standard InChI is InChI=1S/C9H9BrN4S2/c1-2-8-12-13-9(15)14(8)11-5-6-3-4-7(10)16-6/h3-5H,2H2,1H3,(H,13,15)/b11-5+. The van der Waals surface area contributed by atoms with Gasteiger partial charge in [0.25, 0.3) is 0 Å². The molecule has 0 unspecified atom stereocenters. The summed E-state index contributed by atoms with van der Waals surface area (Å²) in [4.78, 5) is 1.07. The lowest BCUT2D eigenvalue weighted by molar-refractivity contribution is 0.780. The van der Waals surface area contributed by atoms with E-state index in [1.165, 1.54) is 0 Å². The molecule has 0 aliphatic heterocycles. The van der Waals surface area contributed by atoms with Gasteiger partial charge in [0.05, 0.1) is 10.0 Å². The number of aromatic amines is 1. The van der Waals surface area contributed by atoms with Crippen LogP contribution in [0.25, 0.3) is 0 Å². The molecule has 2 rings (SSSR count). The van der Waals surface area contributed by atoms with Crippen molar-refractivity contribution in [1.29, 1.82) is 0 Å². The number of H-pyrrole nitrogens is 1. The lowest BCUT2D eigenvalue weighted by Gasteiger charge is -1.94. The summed E-state index contributed by atoms with van der Waals surface area (Å²) in [6, 6.07) is 3.98. The van der Waals surface area contributed by atoms with Gasteiger partial charge in [0.2, 0.25) is 4.77 Å². The fourth-order valence-corrected chi connectivity index (χ4v) is 2.67. The van der Waals surface area contributed by atoms with Crippen LogP contribution in [0, 0.1) is 4.77 Å². The Morgan fingerprint density at radius 3 is 3.12 bits per heavy atom. The third-order valence-electron chi connectivity index (χ3n) is 1.93. The minimum Gasteiger partial charge on any atom is -0.250 e. The summed E-state index contributed by atoms with van der Waals surface area (Å²) >= 11 is 10.1. The molecule has 16 heavy (non-hydrogen) atoms. The summed E-state index contributed by atoms with van der Waals surface area (Å²) in [6.07, 6.45) is 2.57. The molecule has 4 nitrogen and oxygen atoms in total. The molecular formula is C9H9BrN4S2. The maximum atomic E-state index is 5.09. The van der Waals surface area contributed by atoms with Crippen LogP contribution >= 0.6 is 39.5 Å². The van der Waals surface area contributed by atoms with E-state index < -0.39 is 0 Å². The quantitative estimate of drug-likeness (QED) is 0.698. The van der Waals surface area contributed by atoms with Crippen molar-refractivity contribution in [3.05, 3.63) is 31.4 Å². The number of aromatic nitrogens is 3. The van der Waals surface area contributed by atoms with Gasteiger partial charge in [0.1, 0.15) is 0 Å². The van der Waals surface area contributed by atoms with Crippen LogP contribution in [0.4, 0.5) is 0 Å². The van der Waals surface area contributed by atoms with Gasteiger partial charge in [-0.15, -0.1) is 11.3 Å². The van der Waals surface area contributed by atoms with Crippen molar-refractivity contribution in [2.75, 3.05) is 0 Å². The summed E-state index contributed by atoms with van der Waals surface area (Å²) in [6.45, 7) is 2.01. The van der Waals surface area contributed by atoms with Gasteiger partial charge in [-0.2, -0.15) is 14.9 Å². The average Bonchev–Trinajstić information content (AvgIpc) is 2.82. The normalized spacial score (nSPS) is 11.4. The van der Waals surface area contributed by atoms with Crippen LogP contribution in [-0.2, 0) is 6.42 Å². The maximum absolute atomic E-state index is 5.09. The first-order valence-electron chi connectivity index (χ1n) is 4.66. The second-order valence-corrected chi connectivity index (χ2v) is 5.88. The van der Waals surface area contributed by atoms with Gasteiger partial charge in [0.15, 0.2) is 5.82 Å². The zero-order valence-electron chi connectivity index (χ0n) is 8.48. The van der Waals surface area contributed by atoms with Crippen molar-refractivity contribution < 1.29 is 0 Å². The Bertz CT molecular complexity index is 566. The fraction of sp³-hybridized carbons (Fsp3) is 0.222. The third kappa shape index (κ3) is 2.47. The van der Waals surface area contributed by atoms with Gasteiger partial charge in [-0.1, -0.05) is 6.92 Å². The molecule has 0 atom stereocenters. The molecular weight excluding hydrogens is 308 g/mol. The number of hydrogen-bond donors (Lipinski definition) is 1. The number of rotatable bonds is 3. The molecule has 0 bridgehead atoms. The molecule has 2 aromatic heterocycles. The van der Waals surface area contributed by atoms with Gasteiger partial charge >= 0.3 is 0 Å². The summed E-state index contributed by atoms with van der Waals surface area (Å²) in [5, 5.41) is 11.1. The topological polar surface area (TPSA) is 46.0 Å². The summed E-state index contributed by atoms with van der Waals surface area (Å²) in [7, 11) is 0. The molecule has 0 radical (unpaired) electrons. The number of aryl methyl sites for hydroxylation is 1. The van der Waals surface area contributed by atoms with E-state index in [0.717, 1.165) is 20.9 Å². The van der Waals surface area contributed by atoms with Crippen LogP contribution < -0.4 is 0 Å². The number of thiophene rings is 1. The second-order valence-electron chi connectivity index (χ2n) is 3.00. The van der Waals surface area contributed by atoms with Gasteiger partial charge in [-0.25, -0.2) is 0 Å². The van der Waals surface area contributed by atoms with Gasteiger partial charge in [0, 0.05) is 11.3 Å². The minimum atomic E-state index is 0.517. The molecule has 84 valence electrons. The Kier molecular flexibility index (Phi) is 3.67. The molecule has 0 aliphatic carbocycles. The molecule has 0 fully saturated rings. The molecule has 2 heterocycles. The lowest BCUT2D eigenvalue weighted by atomic mass is 10.5. The predicted octanol–water partition coefficient (Wildman–Crippen LogP) is 3.21. The first-order chi connectivity index (χ1) is 7.70. The Labute approximate surface area is 110 Å². The first kappa shape index (κ1) is 11.7. The molecule has 0 aliphatic rings. The number of nitrogens with one attached hydrogen (secondary N) is 1. The largest absolute Gasteiger partial charge is 0.250 e. The van der Waals surface area contributed by atoms with E-state index in [1.807, 2.05) is 19.1 Å². The summed E-state index contributed by atoms with van der Waals surface area (Å²) in [5.41, 5.74) is 0. The molecule has 0 spiro atoms. The number of hydrogen-bond acceptors (Lipinski definition) is 4. The SMILES string of the molecule is CCc1n[nH]c(=S)n1/N=C/c1ccc(Br)s1. The van der Waals surface area contributed by atoms with Gasteiger partial charge in [-0.05, 0) is 40.3 Å². The zero-order chi connectivity index (χ0) is 11.5. The molecule has 7 heteroatoms. The monoisotopic (exact) mass is 316 g/mol. The third-order valence-corrected chi connectivity index (χ3v) is 3.75. The average molecular weight is 317 g/mol. The highest BCUT2D eigenvalue weighted by Crippen LogP contribution is 2.20. The Morgan fingerprint density at radius 2 is 2.50 bits per heavy atom. The number of nitrogens with zero attached hydrogens (tertiary/aromatic N) is 3. The van der Waals surface area contributed by atoms with Gasteiger partial charge < -0.3 is 0 Å². The minimum absolute atomic E-state index is 0.517. The van der Waals surface area contributed by atoms with Crippen LogP contribution in [0.1, 0.15) is 17.6 Å². The highest BCUT2D eigenvalue weighted by atomic mass is 79.9. The van der Waals surface area contributed by atoms with Gasteiger partial charge in [-0.3, -0.25) is 5.10 Å². The van der Waals surface area contributed by atoms with Crippen LogP contribution in [0.15, 0.2) is 21.0 Å². The van der Waals surface area contributed by atoms with Crippen molar-refractivity contribution in [2.45, 2.75) is 13.3 Å². The van der Waals surface area contributed by atoms with Crippen molar-refractivity contribution in [2.24, 2.45) is 5.10 Å². The Morgan fingerprint density at radius 1 is 1.69 bits per heavy atom. The van der Waals surface area contributed by atoms with Crippen LogP contribution in [0.3, 0.4) is 0 Å². The van der Waals surface area contributed by atoms with E-state index in [0.29, 0.717) is 4.77 Å². The molecule has 1 N–H and O–H groups in total. The van der Waals surface area contributed by atoms with Crippen LogP contribution in [0.2, 0.25) is 0 Å². The lowest BCUT2D eigenvalue weighted by Crippen LogP contribution is -1.96. The van der Waals surface area contributed by atoms with Crippen molar-refractivity contribution in [3.63, 3.8) is 0 Å². The van der Waals surface area contributed by atoms with Crippen molar-refractivity contribution in [1.82, 2.24) is 14.9 Å². The summed E-state index contributed by atoms with van der Waals surface area (Å²) in [5.74, 6) is 0.830. The van der Waals surface area contributed by atoms with E-state index in [9.17, 15) is 0 Å². The fourth-order valence-electron chi connectivity index (χ4n) is 1.18. The Hall–Kier alpha value is -0.790. The van der Waals surface area contributed by atoms with Crippen LogP contribution in [-0.4, -0.2) is 21.1 Å². The van der Waals surface area contributed by atoms with E-state index in [2.05, 4.69) is 31.2 Å². The molecule has 0 saturated heterocycles. The highest BCUT2D eigenvalue weighted by molar-refractivity contribution is 9.11. The van der Waals surface area contributed by atoms with Crippen molar-refractivity contribution in [3.8, 4) is 0 Å². The van der Waals surface area contributed by atoms with Crippen molar-refractivity contribution >= 4 is 45.7 Å². The molecule has 0 saturated carbocycles. The summed E-state index contributed by atoms with van der Waals surface area (Å²) < 4.78 is 3.24. The van der Waals surface area contributed by atoms with E-state index >= 15 is 0 Å².